The van der Waals surface area contributed by atoms with Crippen LogP contribution < -0.4 is 5.43 Å². The number of alkyl halides is 6. The van der Waals surface area contributed by atoms with Gasteiger partial charge in [0.25, 0.3) is 11.6 Å². The maximum absolute atomic E-state index is 13.0. The predicted molar refractivity (Wildman–Crippen MR) is 65.9 cm³/mol. The van der Waals surface area contributed by atoms with Crippen LogP contribution in [0.3, 0.4) is 0 Å². The largest absolute Gasteiger partial charge is 0.442 e. The van der Waals surface area contributed by atoms with Crippen molar-refractivity contribution >= 4 is 17.5 Å². The molecule has 1 unspecified atom stereocenters. The number of hydrogen-bond acceptors (Lipinski definition) is 3. The molecular weight excluding hydrogens is 354 g/mol. The Morgan fingerprint density at radius 2 is 1.83 bits per heavy atom. The fraction of sp³-hybridized carbons (Fsp3) is 0.250. The number of halogens is 7. The summed E-state index contributed by atoms with van der Waals surface area (Å²) in [6.45, 7) is 0. The first-order valence-electron chi connectivity index (χ1n) is 5.82. The molecule has 0 saturated heterocycles. The number of rotatable bonds is 1. The van der Waals surface area contributed by atoms with E-state index in [4.69, 9.17) is 11.6 Å². The Morgan fingerprint density at radius 1 is 1.22 bits per heavy atom. The van der Waals surface area contributed by atoms with Gasteiger partial charge in [0, 0.05) is 16.7 Å². The van der Waals surface area contributed by atoms with Gasteiger partial charge in [-0.05, 0) is 18.2 Å². The van der Waals surface area contributed by atoms with Gasteiger partial charge in [0.05, 0.1) is 0 Å². The Kier molecular flexibility index (Phi) is 4.02. The number of amides is 1. The third kappa shape index (κ3) is 3.08. The zero-order valence-corrected chi connectivity index (χ0v) is 11.6. The third-order valence-corrected chi connectivity index (χ3v) is 3.15. The first-order valence-corrected chi connectivity index (χ1v) is 6.20. The van der Waals surface area contributed by atoms with Gasteiger partial charge in [-0.2, -0.15) is 26.3 Å². The monoisotopic (exact) mass is 360 g/mol. The minimum absolute atomic E-state index is 0.0189. The number of benzene rings is 1. The molecule has 0 aromatic heterocycles. The molecule has 0 fully saturated rings. The van der Waals surface area contributed by atoms with Crippen LogP contribution >= 0.6 is 11.6 Å². The van der Waals surface area contributed by atoms with Crippen LogP contribution in [0.5, 0.6) is 0 Å². The van der Waals surface area contributed by atoms with Gasteiger partial charge in [-0.3, -0.25) is 10.2 Å². The van der Waals surface area contributed by atoms with Crippen molar-refractivity contribution in [3.63, 3.8) is 0 Å². The van der Waals surface area contributed by atoms with Crippen LogP contribution in [0.4, 0.5) is 26.3 Å². The first kappa shape index (κ1) is 17.4. The van der Waals surface area contributed by atoms with E-state index in [-0.39, 0.29) is 5.02 Å². The fourth-order valence-electron chi connectivity index (χ4n) is 1.81. The minimum Gasteiger partial charge on any atom is -0.359 e. The van der Waals surface area contributed by atoms with Gasteiger partial charge in [0.1, 0.15) is 5.70 Å². The molecule has 23 heavy (non-hydrogen) atoms. The molecule has 4 nitrogen and oxygen atoms in total. The van der Waals surface area contributed by atoms with E-state index < -0.39 is 46.3 Å². The Balaban J connectivity index is 2.47. The second kappa shape index (κ2) is 5.31. The molecular formula is C12H7ClF6N2O2. The summed E-state index contributed by atoms with van der Waals surface area (Å²) in [7, 11) is 0. The first-order chi connectivity index (χ1) is 10.4. The summed E-state index contributed by atoms with van der Waals surface area (Å²) in [6.07, 6.45) is -11.3. The van der Waals surface area contributed by atoms with E-state index >= 15 is 0 Å². The van der Waals surface area contributed by atoms with E-state index in [1.165, 1.54) is 17.6 Å². The van der Waals surface area contributed by atoms with Crippen LogP contribution in [0.25, 0.3) is 0 Å². The quantitative estimate of drug-likeness (QED) is 0.757. The number of aliphatic hydroxyl groups is 1. The topological polar surface area (TPSA) is 52.6 Å². The maximum Gasteiger partial charge on any atom is 0.442 e. The number of allylic oxidation sites excluding steroid dienone is 1. The normalized spacial score (nSPS) is 21.9. The van der Waals surface area contributed by atoms with Crippen LogP contribution in [0.1, 0.15) is 10.4 Å². The number of carbonyl (C=O) groups excluding carboxylic acids is 1. The van der Waals surface area contributed by atoms with Crippen LogP contribution in [-0.2, 0) is 0 Å². The van der Waals surface area contributed by atoms with E-state index in [2.05, 4.69) is 0 Å². The molecule has 2 N–H and O–H groups in total. The highest BCUT2D eigenvalue weighted by atomic mass is 35.5. The molecule has 1 aromatic carbocycles. The Bertz CT molecular complexity index is 672. The van der Waals surface area contributed by atoms with E-state index in [0.717, 1.165) is 12.1 Å². The highest BCUT2D eigenvalue weighted by Gasteiger charge is 2.64. The number of nitrogens with one attached hydrogen (secondary N) is 1. The second-order valence-electron chi connectivity index (χ2n) is 4.54. The van der Waals surface area contributed by atoms with Gasteiger partial charge in [0.15, 0.2) is 0 Å². The van der Waals surface area contributed by atoms with E-state index in [9.17, 15) is 36.2 Å². The van der Waals surface area contributed by atoms with Crippen molar-refractivity contribution in [1.82, 2.24) is 10.4 Å². The lowest BCUT2D eigenvalue weighted by Gasteiger charge is -2.33. The van der Waals surface area contributed by atoms with Crippen molar-refractivity contribution in [2.24, 2.45) is 0 Å². The van der Waals surface area contributed by atoms with E-state index in [1.807, 2.05) is 0 Å². The Hall–Kier alpha value is -1.94. The zero-order valence-electron chi connectivity index (χ0n) is 10.8. The molecule has 0 radical (unpaired) electrons. The summed E-state index contributed by atoms with van der Waals surface area (Å²) in [5.74, 6) is -1.54. The highest BCUT2D eigenvalue weighted by molar-refractivity contribution is 6.30. The molecule has 1 heterocycles. The van der Waals surface area contributed by atoms with Crippen LogP contribution in [0.15, 0.2) is 36.0 Å². The van der Waals surface area contributed by atoms with Gasteiger partial charge in [-0.15, -0.1) is 0 Å². The van der Waals surface area contributed by atoms with Crippen molar-refractivity contribution in [2.45, 2.75) is 18.1 Å². The summed E-state index contributed by atoms with van der Waals surface area (Å²) in [4.78, 5) is 12.1. The van der Waals surface area contributed by atoms with Crippen LogP contribution in [0.2, 0.25) is 5.02 Å². The Morgan fingerprint density at radius 3 is 2.30 bits per heavy atom. The number of nitrogens with zero attached hydrogens (tertiary/aromatic N) is 1. The van der Waals surface area contributed by atoms with E-state index in [0.29, 0.717) is 0 Å². The maximum atomic E-state index is 13.0. The standard InChI is InChI=1S/C12H7ClF6N2O2/c13-7-3-1-2-6(4-7)9(22)21-10(23,12(17,18)19)5-8(20-21)11(14,15)16/h1-5,20,23H. The lowest BCUT2D eigenvalue weighted by atomic mass is 10.1. The van der Waals surface area contributed by atoms with Crippen LogP contribution in [-0.4, -0.2) is 34.1 Å². The summed E-state index contributed by atoms with van der Waals surface area (Å²) >= 11 is 5.59. The molecule has 0 saturated carbocycles. The fourth-order valence-corrected chi connectivity index (χ4v) is 2.00. The van der Waals surface area contributed by atoms with Crippen LogP contribution in [0, 0.1) is 0 Å². The summed E-state index contributed by atoms with van der Waals surface area (Å²) in [5, 5.41) is 9.07. The number of carbonyl (C=O) groups is 1. The summed E-state index contributed by atoms with van der Waals surface area (Å²) < 4.78 is 76.9. The van der Waals surface area contributed by atoms with Gasteiger partial charge in [-0.25, -0.2) is 5.01 Å². The highest BCUT2D eigenvalue weighted by Crippen LogP contribution is 2.41. The molecule has 1 aliphatic heterocycles. The zero-order chi connectivity index (χ0) is 17.6. The lowest BCUT2D eigenvalue weighted by Crippen LogP contribution is -2.60. The molecule has 1 amide bonds. The average molecular weight is 361 g/mol. The molecule has 2 rings (SSSR count). The minimum atomic E-state index is -5.57. The van der Waals surface area contributed by atoms with Gasteiger partial charge in [0.2, 0.25) is 0 Å². The molecule has 11 heteroatoms. The molecule has 126 valence electrons. The molecule has 0 bridgehead atoms. The summed E-state index contributed by atoms with van der Waals surface area (Å²) in [6, 6.07) is 4.52. The number of hydrazine groups is 1. The second-order valence-corrected chi connectivity index (χ2v) is 4.98. The van der Waals surface area contributed by atoms with Gasteiger partial charge in [-0.1, -0.05) is 17.7 Å². The number of hydrogen-bond donors (Lipinski definition) is 2. The molecule has 1 aromatic rings. The molecule has 0 spiro atoms. The van der Waals surface area contributed by atoms with Crippen molar-refractivity contribution in [3.8, 4) is 0 Å². The van der Waals surface area contributed by atoms with E-state index in [1.54, 1.807) is 0 Å². The molecule has 1 aliphatic rings. The van der Waals surface area contributed by atoms with Gasteiger partial charge >= 0.3 is 12.4 Å². The SMILES string of the molecule is O=C(c1cccc(Cl)c1)N1NC(C(F)(F)F)=CC1(O)C(F)(F)F. The van der Waals surface area contributed by atoms with Gasteiger partial charge < -0.3 is 5.11 Å². The average Bonchev–Trinajstić information content (AvgIpc) is 2.77. The third-order valence-electron chi connectivity index (χ3n) is 2.92. The molecule has 1 atom stereocenters. The van der Waals surface area contributed by atoms with Crippen molar-refractivity contribution in [3.05, 3.63) is 46.6 Å². The van der Waals surface area contributed by atoms with Crippen molar-refractivity contribution in [1.29, 1.82) is 0 Å². The summed E-state index contributed by atoms with van der Waals surface area (Å²) in [5.41, 5.74) is -5.25. The lowest BCUT2D eigenvalue weighted by molar-refractivity contribution is -0.283. The predicted octanol–water partition coefficient (Wildman–Crippen LogP) is 3.00. The van der Waals surface area contributed by atoms with Crippen molar-refractivity contribution < 1.29 is 36.2 Å². The Labute approximate surface area is 129 Å². The van der Waals surface area contributed by atoms with Crippen molar-refractivity contribution in [2.75, 3.05) is 0 Å². The smallest absolute Gasteiger partial charge is 0.359 e. The molecule has 0 aliphatic carbocycles.